The number of aliphatic hydroxyl groups excluding tert-OH is 1. The highest BCUT2D eigenvalue weighted by Crippen LogP contribution is 2.21. The lowest BCUT2D eigenvalue weighted by atomic mass is 9.96. The van der Waals surface area contributed by atoms with Crippen LogP contribution in [0.1, 0.15) is 13.3 Å². The van der Waals surface area contributed by atoms with E-state index in [1.807, 2.05) is 7.85 Å². The van der Waals surface area contributed by atoms with Crippen molar-refractivity contribution in [2.75, 3.05) is 6.61 Å². The van der Waals surface area contributed by atoms with E-state index < -0.39 is 0 Å². The van der Waals surface area contributed by atoms with Crippen LogP contribution in [0.4, 0.5) is 0 Å². The number of hydrogen-bond acceptors (Lipinski definition) is 4. The van der Waals surface area contributed by atoms with Crippen LogP contribution in [0.25, 0.3) is 0 Å². The molecule has 1 fully saturated rings. The van der Waals surface area contributed by atoms with Gasteiger partial charge in [-0.05, 0) is 0 Å². The van der Waals surface area contributed by atoms with E-state index in [9.17, 15) is 4.79 Å². The van der Waals surface area contributed by atoms with Crippen molar-refractivity contribution in [3.05, 3.63) is 0 Å². The second kappa shape index (κ2) is 3.91. The van der Waals surface area contributed by atoms with Gasteiger partial charge in [-0.25, -0.2) is 0 Å². The van der Waals surface area contributed by atoms with Gasteiger partial charge in [0.1, 0.15) is 20.1 Å². The molecule has 0 amide bonds. The van der Waals surface area contributed by atoms with Gasteiger partial charge in [0, 0.05) is 19.3 Å². The first-order valence-electron chi connectivity index (χ1n) is 4.07. The highest BCUT2D eigenvalue weighted by molar-refractivity contribution is 6.11. The number of carbonyl (C=O) groups is 1. The van der Waals surface area contributed by atoms with Crippen molar-refractivity contribution < 1.29 is 19.4 Å². The number of hydrogen-bond donors (Lipinski definition) is 1. The molecule has 0 aliphatic carbocycles. The van der Waals surface area contributed by atoms with Gasteiger partial charge in [0.15, 0.2) is 0 Å². The minimum absolute atomic E-state index is 0.0616. The molecule has 12 heavy (non-hydrogen) atoms. The Bertz CT molecular complexity index is 173. The first kappa shape index (κ1) is 9.54. The Morgan fingerprint density at radius 1 is 1.83 bits per heavy atom. The summed E-state index contributed by atoms with van der Waals surface area (Å²) in [6, 6.07) is 0.0616. The fourth-order valence-electron chi connectivity index (χ4n) is 1.42. The molecule has 1 aliphatic heterocycles. The molecule has 0 spiro atoms. The topological polar surface area (TPSA) is 55.8 Å². The molecule has 68 valence electrons. The summed E-state index contributed by atoms with van der Waals surface area (Å²) in [6.07, 6.45) is 0.0524. The molecule has 0 aromatic rings. The third-order valence-corrected chi connectivity index (χ3v) is 1.88. The van der Waals surface area contributed by atoms with Crippen molar-refractivity contribution in [2.45, 2.75) is 31.6 Å². The van der Waals surface area contributed by atoms with Crippen molar-refractivity contribution in [1.29, 1.82) is 0 Å². The van der Waals surface area contributed by atoms with E-state index in [1.165, 1.54) is 6.92 Å². The van der Waals surface area contributed by atoms with Gasteiger partial charge in [-0.15, -0.1) is 0 Å². The van der Waals surface area contributed by atoms with Gasteiger partial charge in [-0.3, -0.25) is 4.79 Å². The van der Waals surface area contributed by atoms with Gasteiger partial charge in [0.05, 0.1) is 6.61 Å². The fourth-order valence-corrected chi connectivity index (χ4v) is 1.42. The third-order valence-electron chi connectivity index (χ3n) is 1.88. The third kappa shape index (κ3) is 2.22. The number of ether oxygens (including phenoxy) is 2. The number of carbonyl (C=O) groups excluding carboxylic acids is 1. The van der Waals surface area contributed by atoms with Crippen LogP contribution in [0.5, 0.6) is 0 Å². The van der Waals surface area contributed by atoms with E-state index in [4.69, 9.17) is 14.6 Å². The smallest absolute Gasteiger partial charge is 0.302 e. The van der Waals surface area contributed by atoms with E-state index in [-0.39, 0.29) is 30.8 Å². The second-order valence-electron chi connectivity index (χ2n) is 3.05. The lowest BCUT2D eigenvalue weighted by molar-refractivity contribution is -0.149. The zero-order valence-corrected chi connectivity index (χ0v) is 7.32. The van der Waals surface area contributed by atoms with Gasteiger partial charge < -0.3 is 14.6 Å². The Hall–Kier alpha value is -0.545. The van der Waals surface area contributed by atoms with Crippen LogP contribution in [-0.2, 0) is 14.3 Å². The number of aliphatic hydroxyl groups is 1. The molecule has 0 bridgehead atoms. The summed E-state index contributed by atoms with van der Waals surface area (Å²) >= 11 is 0. The largest absolute Gasteiger partial charge is 0.460 e. The van der Waals surface area contributed by atoms with E-state index in [0.717, 1.165) is 0 Å². The molecule has 1 saturated heterocycles. The lowest BCUT2D eigenvalue weighted by Crippen LogP contribution is -2.29. The monoisotopic (exact) mass is 172 g/mol. The van der Waals surface area contributed by atoms with Crippen LogP contribution in [0.2, 0.25) is 0 Å². The van der Waals surface area contributed by atoms with Crippen molar-refractivity contribution in [2.24, 2.45) is 0 Å². The van der Waals surface area contributed by atoms with E-state index >= 15 is 0 Å². The summed E-state index contributed by atoms with van der Waals surface area (Å²) in [5.74, 6) is -0.323. The summed E-state index contributed by atoms with van der Waals surface area (Å²) < 4.78 is 10.3. The van der Waals surface area contributed by atoms with Gasteiger partial charge >= 0.3 is 5.97 Å². The van der Waals surface area contributed by atoms with Crippen molar-refractivity contribution >= 4 is 13.8 Å². The Morgan fingerprint density at radius 3 is 3.00 bits per heavy atom. The zero-order valence-electron chi connectivity index (χ0n) is 7.32. The van der Waals surface area contributed by atoms with Crippen molar-refractivity contribution in [3.63, 3.8) is 0 Å². The fraction of sp³-hybridized carbons (Fsp3) is 0.857. The van der Waals surface area contributed by atoms with Crippen LogP contribution in [-0.4, -0.2) is 43.7 Å². The van der Waals surface area contributed by atoms with Crippen LogP contribution >= 0.6 is 0 Å². The van der Waals surface area contributed by atoms with Gasteiger partial charge in [0.2, 0.25) is 0 Å². The minimum Gasteiger partial charge on any atom is -0.460 e. The summed E-state index contributed by atoms with van der Waals surface area (Å²) in [4.78, 5) is 10.6. The lowest BCUT2D eigenvalue weighted by Gasteiger charge is -2.15. The minimum atomic E-state index is -0.344. The molecule has 1 unspecified atom stereocenters. The molecule has 1 aliphatic rings. The van der Waals surface area contributed by atoms with Crippen LogP contribution in [0.3, 0.4) is 0 Å². The molecule has 3 atom stereocenters. The van der Waals surface area contributed by atoms with E-state index in [0.29, 0.717) is 6.42 Å². The van der Waals surface area contributed by atoms with Crippen molar-refractivity contribution in [3.8, 4) is 0 Å². The SMILES string of the molecule is B[C@H]1CC(OC(C)=O)[C@@H](CO)O1. The summed E-state index contributed by atoms with van der Waals surface area (Å²) in [7, 11) is 1.89. The first-order chi connectivity index (χ1) is 5.63. The Kier molecular flexibility index (Phi) is 3.11. The molecule has 0 radical (unpaired) electrons. The predicted molar refractivity (Wildman–Crippen MR) is 44.5 cm³/mol. The predicted octanol–water partition coefficient (Wildman–Crippen LogP) is -1.34. The molecule has 5 heteroatoms. The molecule has 1 N–H and O–H groups in total. The molecule has 0 aromatic carbocycles. The normalized spacial score (nSPS) is 35.0. The van der Waals surface area contributed by atoms with Crippen LogP contribution in [0, 0.1) is 0 Å². The number of rotatable bonds is 2. The van der Waals surface area contributed by atoms with Gasteiger partial charge in [-0.2, -0.15) is 0 Å². The average molecular weight is 172 g/mol. The second-order valence-corrected chi connectivity index (χ2v) is 3.05. The molecule has 4 nitrogen and oxygen atoms in total. The maximum absolute atomic E-state index is 10.6. The van der Waals surface area contributed by atoms with E-state index in [1.54, 1.807) is 0 Å². The average Bonchev–Trinajstić information content (AvgIpc) is 2.29. The molecule has 1 heterocycles. The van der Waals surface area contributed by atoms with Crippen molar-refractivity contribution in [1.82, 2.24) is 0 Å². The van der Waals surface area contributed by atoms with Crippen LogP contribution < -0.4 is 0 Å². The molecule has 0 aromatic heterocycles. The molecular weight excluding hydrogens is 159 g/mol. The van der Waals surface area contributed by atoms with Gasteiger partial charge in [-0.1, -0.05) is 0 Å². The Balaban J connectivity index is 2.46. The Morgan fingerprint density at radius 2 is 2.50 bits per heavy atom. The maximum atomic E-state index is 10.6. The standard InChI is InChI=1S/C7H13BO4/c1-4(10)11-5-2-7(8)12-6(5)3-9/h5-7,9H,2-3,8H2,1H3/t5?,6-,7-/m1/s1. The zero-order chi connectivity index (χ0) is 9.14. The summed E-state index contributed by atoms with van der Waals surface area (Å²) in [5, 5.41) is 8.85. The van der Waals surface area contributed by atoms with Gasteiger partial charge in [0.25, 0.3) is 0 Å². The maximum Gasteiger partial charge on any atom is 0.302 e. The molecule has 1 rings (SSSR count). The molecule has 0 saturated carbocycles. The summed E-state index contributed by atoms with van der Waals surface area (Å²) in [6.45, 7) is 1.26. The Labute approximate surface area is 72.3 Å². The highest BCUT2D eigenvalue weighted by Gasteiger charge is 2.34. The van der Waals surface area contributed by atoms with E-state index in [2.05, 4.69) is 0 Å². The highest BCUT2D eigenvalue weighted by atomic mass is 16.6. The van der Waals surface area contributed by atoms with Crippen LogP contribution in [0.15, 0.2) is 0 Å². The first-order valence-corrected chi connectivity index (χ1v) is 4.07. The molecular formula is C7H13BO4. The number of esters is 1. The quantitative estimate of drug-likeness (QED) is 0.413. The summed E-state index contributed by atoms with van der Waals surface area (Å²) in [5.41, 5.74) is 0.